The molecule has 0 bridgehead atoms. The van der Waals surface area contributed by atoms with Crippen LogP contribution in [-0.4, -0.2) is 142 Å². The molecule has 1 heterocycles. The van der Waals surface area contributed by atoms with Crippen molar-refractivity contribution >= 4 is 41.4 Å². The summed E-state index contributed by atoms with van der Waals surface area (Å²) < 4.78 is 10.8. The molecule has 6 amide bonds. The third-order valence-corrected chi connectivity index (χ3v) is 8.15. The van der Waals surface area contributed by atoms with Crippen LogP contribution in [0.3, 0.4) is 0 Å². The maximum Gasteiger partial charge on any atom is 0.325 e. The number of carbonyl (C=O) groups is 7. The Morgan fingerprint density at radius 2 is 1.33 bits per heavy atom. The van der Waals surface area contributed by atoms with Crippen molar-refractivity contribution in [3.05, 3.63) is 0 Å². The quantitative estimate of drug-likeness (QED) is 0.0461. The van der Waals surface area contributed by atoms with Gasteiger partial charge in [-0.2, -0.15) is 0 Å². The SMILES string of the molecule is C[C@H](NC(=O)[C@@H](C)O[C@H]1C(O)C(CO)OC(O)[C@H]1CN)C(=O)N[C@H](CCC(=O)N[C@@H](CCCCN)C(=O)N[C@H](C)C(=O)N[C@H](C)C(=O)O)C(N)=O. The Bertz CT molecular complexity index is 1210. The summed E-state index contributed by atoms with van der Waals surface area (Å²) in [6, 6.07) is -6.06. The molecule has 15 N–H and O–H groups in total. The molecule has 1 fully saturated rings. The molecule has 21 nitrogen and oxygen atoms in total. The number of nitrogens with one attached hydrogen (secondary N) is 5. The Kier molecular flexibility index (Phi) is 19.5. The summed E-state index contributed by atoms with van der Waals surface area (Å²) in [5.74, 6) is -7.01. The number of rotatable bonds is 22. The van der Waals surface area contributed by atoms with Crippen molar-refractivity contribution < 1.29 is 63.5 Å². The number of carboxylic acid groups (broad SMARTS) is 1. The molecule has 3 unspecified atom stereocenters. The highest BCUT2D eigenvalue weighted by molar-refractivity contribution is 5.94. The fourth-order valence-corrected chi connectivity index (χ4v) is 4.93. The lowest BCUT2D eigenvalue weighted by Gasteiger charge is -2.42. The van der Waals surface area contributed by atoms with Gasteiger partial charge in [0.15, 0.2) is 6.29 Å². The maximum atomic E-state index is 12.9. The molecule has 0 spiro atoms. The molecule has 51 heavy (non-hydrogen) atoms. The van der Waals surface area contributed by atoms with Crippen molar-refractivity contribution in [1.82, 2.24) is 26.6 Å². The zero-order valence-corrected chi connectivity index (χ0v) is 29.2. The number of carboxylic acids is 1. The number of carbonyl (C=O) groups excluding carboxylic acids is 6. The highest BCUT2D eigenvalue weighted by Gasteiger charge is 2.45. The number of unbranched alkanes of at least 4 members (excludes halogenated alkanes) is 1. The summed E-state index contributed by atoms with van der Waals surface area (Å²) in [6.45, 7) is 4.70. The van der Waals surface area contributed by atoms with Crippen molar-refractivity contribution in [2.75, 3.05) is 19.7 Å². The van der Waals surface area contributed by atoms with Crippen molar-refractivity contribution in [2.24, 2.45) is 23.1 Å². The minimum Gasteiger partial charge on any atom is -0.480 e. The Balaban J connectivity index is 2.79. The Morgan fingerprint density at radius 1 is 0.765 bits per heavy atom. The van der Waals surface area contributed by atoms with Gasteiger partial charge < -0.3 is 73.7 Å². The third-order valence-electron chi connectivity index (χ3n) is 8.15. The molecule has 0 radical (unpaired) electrons. The zero-order chi connectivity index (χ0) is 39.0. The van der Waals surface area contributed by atoms with Gasteiger partial charge in [0.25, 0.3) is 0 Å². The first kappa shape index (κ1) is 45.0. The molecule has 1 aliphatic heterocycles. The van der Waals surface area contributed by atoms with Gasteiger partial charge >= 0.3 is 5.97 Å². The number of aliphatic hydroxyl groups excluding tert-OH is 3. The van der Waals surface area contributed by atoms with E-state index in [1.165, 1.54) is 27.7 Å². The highest BCUT2D eigenvalue weighted by Crippen LogP contribution is 2.27. The monoisotopic (exact) mass is 734 g/mol. The van der Waals surface area contributed by atoms with Crippen molar-refractivity contribution in [3.8, 4) is 0 Å². The van der Waals surface area contributed by atoms with Crippen LogP contribution in [-0.2, 0) is 43.0 Å². The molecule has 11 atom stereocenters. The molecule has 0 saturated carbocycles. The van der Waals surface area contributed by atoms with Gasteiger partial charge in [-0.15, -0.1) is 0 Å². The minimum atomic E-state index is -1.48. The number of amides is 6. The molecule has 1 aliphatic rings. The fourth-order valence-electron chi connectivity index (χ4n) is 4.93. The van der Waals surface area contributed by atoms with E-state index in [4.69, 9.17) is 31.8 Å². The number of primary amides is 1. The van der Waals surface area contributed by atoms with Crippen LogP contribution in [0.15, 0.2) is 0 Å². The second-order valence-electron chi connectivity index (χ2n) is 12.3. The average molecular weight is 735 g/mol. The molecule has 0 aromatic heterocycles. The first-order valence-corrected chi connectivity index (χ1v) is 16.6. The standard InChI is InChI=1S/C30H54N8O13/c1-13(25(43)36-15(3)29(47)48)35-28(46)19(7-5-6-10-31)37-21(40)9-8-18(24(33)42)38-26(44)14(2)34-27(45)16(4)50-23-17(11-32)30(49)51-20(12-39)22(23)41/h13-20,22-23,30,39,41,49H,5-12,31-32H2,1-4H3,(H2,33,42)(H,34,45)(H,35,46)(H,36,43)(H,37,40)(H,38,44)(H,47,48)/t13-,14+,15-,16-,17+,18-,19+,20?,22?,23-,30?/m1/s1. The summed E-state index contributed by atoms with van der Waals surface area (Å²) >= 11 is 0. The Hall–Kier alpha value is -3.99. The van der Waals surface area contributed by atoms with E-state index < -0.39 is 115 Å². The molecular weight excluding hydrogens is 680 g/mol. The lowest BCUT2D eigenvalue weighted by Crippen LogP contribution is -2.60. The predicted molar refractivity (Wildman–Crippen MR) is 176 cm³/mol. The summed E-state index contributed by atoms with van der Waals surface area (Å²) in [6.07, 6.45) is -6.14. The van der Waals surface area contributed by atoms with Crippen molar-refractivity contribution in [2.45, 2.75) is 121 Å². The van der Waals surface area contributed by atoms with Crippen molar-refractivity contribution in [3.63, 3.8) is 0 Å². The van der Waals surface area contributed by atoms with E-state index in [1.807, 2.05) is 0 Å². The fraction of sp³-hybridized carbons (Fsp3) is 0.767. The average Bonchev–Trinajstić information content (AvgIpc) is 3.06. The van der Waals surface area contributed by atoms with Crippen LogP contribution in [0.1, 0.15) is 59.8 Å². The molecule has 0 aliphatic carbocycles. The summed E-state index contributed by atoms with van der Waals surface area (Å²) in [5, 5.41) is 51.0. The molecule has 1 rings (SSSR count). The van der Waals surface area contributed by atoms with Crippen molar-refractivity contribution in [1.29, 1.82) is 0 Å². The Morgan fingerprint density at radius 3 is 1.86 bits per heavy atom. The third kappa shape index (κ3) is 14.6. The molecule has 1 saturated heterocycles. The molecule has 0 aromatic carbocycles. The van der Waals surface area contributed by atoms with E-state index in [0.717, 1.165) is 0 Å². The summed E-state index contributed by atoms with van der Waals surface area (Å²) in [5.41, 5.74) is 16.6. The van der Waals surface area contributed by atoms with Gasteiger partial charge in [-0.3, -0.25) is 33.6 Å². The maximum absolute atomic E-state index is 12.9. The molecule has 21 heteroatoms. The number of hydrogen-bond acceptors (Lipinski definition) is 14. The second-order valence-corrected chi connectivity index (χ2v) is 12.3. The molecule has 292 valence electrons. The molecular formula is C30H54N8O13. The summed E-state index contributed by atoms with van der Waals surface area (Å²) in [7, 11) is 0. The minimum absolute atomic E-state index is 0.146. The van der Waals surface area contributed by atoms with Gasteiger partial charge in [-0.1, -0.05) is 0 Å². The number of ether oxygens (including phenoxy) is 2. The van der Waals surface area contributed by atoms with E-state index in [2.05, 4.69) is 26.6 Å². The van der Waals surface area contributed by atoms with Gasteiger partial charge in [0.05, 0.1) is 18.6 Å². The van der Waals surface area contributed by atoms with E-state index in [9.17, 15) is 48.9 Å². The Labute approximate surface area is 295 Å². The lowest BCUT2D eigenvalue weighted by atomic mass is 9.90. The van der Waals surface area contributed by atoms with Crippen LogP contribution in [0.4, 0.5) is 0 Å². The largest absolute Gasteiger partial charge is 0.480 e. The normalized spacial score (nSPS) is 23.7. The van der Waals surface area contributed by atoms with Gasteiger partial charge in [0, 0.05) is 13.0 Å². The van der Waals surface area contributed by atoms with E-state index in [1.54, 1.807) is 0 Å². The van der Waals surface area contributed by atoms with Gasteiger partial charge in [0.1, 0.15) is 48.5 Å². The number of aliphatic carboxylic acids is 1. The predicted octanol–water partition coefficient (Wildman–Crippen LogP) is -5.63. The number of aliphatic hydroxyl groups is 3. The van der Waals surface area contributed by atoms with Crippen LogP contribution in [0.5, 0.6) is 0 Å². The second kappa shape index (κ2) is 22.1. The topological polar surface area (TPSA) is 357 Å². The first-order chi connectivity index (χ1) is 23.9. The first-order valence-electron chi connectivity index (χ1n) is 16.6. The number of nitrogens with two attached hydrogens (primary N) is 3. The van der Waals surface area contributed by atoms with Crippen LogP contribution in [0, 0.1) is 5.92 Å². The van der Waals surface area contributed by atoms with Gasteiger partial charge in [-0.25, -0.2) is 0 Å². The summed E-state index contributed by atoms with van der Waals surface area (Å²) in [4.78, 5) is 86.9. The van der Waals surface area contributed by atoms with Crippen LogP contribution in [0.25, 0.3) is 0 Å². The van der Waals surface area contributed by atoms with E-state index >= 15 is 0 Å². The van der Waals surface area contributed by atoms with E-state index in [0.29, 0.717) is 19.4 Å². The van der Waals surface area contributed by atoms with Gasteiger partial charge in [0.2, 0.25) is 35.4 Å². The van der Waals surface area contributed by atoms with Crippen LogP contribution >= 0.6 is 0 Å². The van der Waals surface area contributed by atoms with Gasteiger partial charge in [-0.05, 0) is 59.9 Å². The van der Waals surface area contributed by atoms with Crippen LogP contribution < -0.4 is 43.8 Å². The van der Waals surface area contributed by atoms with Crippen LogP contribution in [0.2, 0.25) is 0 Å². The lowest BCUT2D eigenvalue weighted by molar-refractivity contribution is -0.280. The number of hydrogen-bond donors (Lipinski definition) is 12. The molecule has 0 aromatic rings. The van der Waals surface area contributed by atoms with E-state index in [-0.39, 0.29) is 25.8 Å². The smallest absolute Gasteiger partial charge is 0.325 e. The zero-order valence-electron chi connectivity index (χ0n) is 29.2. The highest BCUT2D eigenvalue weighted by atomic mass is 16.6.